The molecule has 0 N–H and O–H groups in total. The molecule has 1 aromatic heterocycles. The van der Waals surface area contributed by atoms with Crippen molar-refractivity contribution in [3.63, 3.8) is 0 Å². The lowest BCUT2D eigenvalue weighted by atomic mass is 9.98. The van der Waals surface area contributed by atoms with Crippen LogP contribution in [0.15, 0.2) is 18.3 Å². The largest absolute Gasteiger partial charge is 0.459 e. The van der Waals surface area contributed by atoms with Crippen molar-refractivity contribution in [2.24, 2.45) is 0 Å². The lowest BCUT2D eigenvalue weighted by Gasteiger charge is -2.23. The van der Waals surface area contributed by atoms with Crippen LogP contribution in [0.5, 0.6) is 0 Å². The number of nitrogens with zero attached hydrogens (tertiary/aromatic N) is 2. The molecule has 1 aliphatic heterocycles. The van der Waals surface area contributed by atoms with Crippen molar-refractivity contribution in [2.45, 2.75) is 51.0 Å². The molecule has 0 unspecified atom stereocenters. The van der Waals surface area contributed by atoms with E-state index in [1.165, 1.54) is 32.1 Å². The van der Waals surface area contributed by atoms with Gasteiger partial charge in [0, 0.05) is 19.3 Å². The number of anilines is 1. The number of carbonyl (C=O) groups is 1. The molecule has 0 spiro atoms. The van der Waals surface area contributed by atoms with Crippen molar-refractivity contribution < 1.29 is 9.53 Å². The standard InChI is InChI=1S/C16H22N2O2/c19-16(20-13-7-2-1-3-8-13)14-9-6-10-17-15(14)18-11-4-5-12-18/h6,9-10,13H,1-5,7-8,11-12H2. The van der Waals surface area contributed by atoms with Crippen molar-refractivity contribution in [3.8, 4) is 0 Å². The third kappa shape index (κ3) is 2.94. The van der Waals surface area contributed by atoms with Gasteiger partial charge in [-0.1, -0.05) is 6.42 Å². The Kier molecular flexibility index (Phi) is 4.19. The van der Waals surface area contributed by atoms with E-state index in [1.54, 1.807) is 6.20 Å². The first-order valence-electron chi connectivity index (χ1n) is 7.75. The minimum atomic E-state index is -0.202. The summed E-state index contributed by atoms with van der Waals surface area (Å²) in [4.78, 5) is 19.0. The Morgan fingerprint density at radius 3 is 2.65 bits per heavy atom. The van der Waals surface area contributed by atoms with E-state index in [0.29, 0.717) is 5.56 Å². The Morgan fingerprint density at radius 2 is 1.90 bits per heavy atom. The Labute approximate surface area is 120 Å². The molecular formula is C16H22N2O2. The zero-order chi connectivity index (χ0) is 13.8. The van der Waals surface area contributed by atoms with Gasteiger partial charge in [-0.15, -0.1) is 0 Å². The number of pyridine rings is 1. The fourth-order valence-electron chi connectivity index (χ4n) is 3.14. The van der Waals surface area contributed by atoms with Gasteiger partial charge in [-0.25, -0.2) is 9.78 Å². The van der Waals surface area contributed by atoms with Gasteiger partial charge in [0.05, 0.1) is 0 Å². The second-order valence-corrected chi connectivity index (χ2v) is 5.73. The predicted molar refractivity (Wildman–Crippen MR) is 78.0 cm³/mol. The van der Waals surface area contributed by atoms with E-state index in [2.05, 4.69) is 9.88 Å². The van der Waals surface area contributed by atoms with Crippen LogP contribution in [-0.2, 0) is 4.74 Å². The average Bonchev–Trinajstić information content (AvgIpc) is 3.02. The van der Waals surface area contributed by atoms with Gasteiger partial charge in [-0.05, 0) is 50.7 Å². The fourth-order valence-corrected chi connectivity index (χ4v) is 3.14. The Morgan fingerprint density at radius 1 is 1.15 bits per heavy atom. The Hall–Kier alpha value is -1.58. The highest BCUT2D eigenvalue weighted by molar-refractivity contribution is 5.94. The van der Waals surface area contributed by atoms with Crippen LogP contribution >= 0.6 is 0 Å². The number of esters is 1. The summed E-state index contributed by atoms with van der Waals surface area (Å²) in [5.74, 6) is 0.595. The molecule has 4 nitrogen and oxygen atoms in total. The molecule has 1 aliphatic carbocycles. The van der Waals surface area contributed by atoms with Crippen molar-refractivity contribution in [3.05, 3.63) is 23.9 Å². The van der Waals surface area contributed by atoms with Gasteiger partial charge in [0.1, 0.15) is 17.5 Å². The first-order valence-corrected chi connectivity index (χ1v) is 7.75. The molecule has 1 saturated carbocycles. The molecule has 20 heavy (non-hydrogen) atoms. The first-order chi connectivity index (χ1) is 9.84. The van der Waals surface area contributed by atoms with Gasteiger partial charge in [-0.3, -0.25) is 0 Å². The molecule has 0 aromatic carbocycles. The maximum Gasteiger partial charge on any atom is 0.342 e. The summed E-state index contributed by atoms with van der Waals surface area (Å²) in [5, 5.41) is 0. The zero-order valence-electron chi connectivity index (χ0n) is 11.9. The average molecular weight is 274 g/mol. The van der Waals surface area contributed by atoms with E-state index in [4.69, 9.17) is 4.74 Å². The van der Waals surface area contributed by atoms with E-state index >= 15 is 0 Å². The van der Waals surface area contributed by atoms with E-state index < -0.39 is 0 Å². The number of carbonyl (C=O) groups excluding carboxylic acids is 1. The monoisotopic (exact) mass is 274 g/mol. The van der Waals surface area contributed by atoms with Crippen molar-refractivity contribution in [2.75, 3.05) is 18.0 Å². The van der Waals surface area contributed by atoms with Crippen LogP contribution in [0.25, 0.3) is 0 Å². The number of hydrogen-bond acceptors (Lipinski definition) is 4. The quantitative estimate of drug-likeness (QED) is 0.794. The fraction of sp³-hybridized carbons (Fsp3) is 0.625. The van der Waals surface area contributed by atoms with Crippen LogP contribution in [-0.4, -0.2) is 30.1 Å². The minimum absolute atomic E-state index is 0.0999. The van der Waals surface area contributed by atoms with Crippen LogP contribution in [0.3, 0.4) is 0 Å². The second-order valence-electron chi connectivity index (χ2n) is 5.73. The normalized spacial score (nSPS) is 20.1. The van der Waals surface area contributed by atoms with Crippen LogP contribution in [0.1, 0.15) is 55.3 Å². The molecule has 108 valence electrons. The highest BCUT2D eigenvalue weighted by Gasteiger charge is 2.24. The van der Waals surface area contributed by atoms with Crippen LogP contribution in [0, 0.1) is 0 Å². The van der Waals surface area contributed by atoms with Crippen LogP contribution in [0.4, 0.5) is 5.82 Å². The first kappa shape index (κ1) is 13.4. The van der Waals surface area contributed by atoms with Gasteiger partial charge in [0.25, 0.3) is 0 Å². The third-order valence-electron chi connectivity index (χ3n) is 4.24. The van der Waals surface area contributed by atoms with Gasteiger partial charge in [-0.2, -0.15) is 0 Å². The lowest BCUT2D eigenvalue weighted by Crippen LogP contribution is -2.25. The van der Waals surface area contributed by atoms with E-state index in [-0.39, 0.29) is 12.1 Å². The molecule has 4 heteroatoms. The SMILES string of the molecule is O=C(OC1CCCCC1)c1cccnc1N1CCCC1. The molecule has 0 atom stereocenters. The predicted octanol–water partition coefficient (Wildman–Crippen LogP) is 3.17. The lowest BCUT2D eigenvalue weighted by molar-refractivity contribution is 0.0211. The maximum atomic E-state index is 12.4. The summed E-state index contributed by atoms with van der Waals surface area (Å²) in [6.07, 6.45) is 9.82. The molecule has 1 aromatic rings. The molecule has 1 saturated heterocycles. The summed E-state index contributed by atoms with van der Waals surface area (Å²) in [6.45, 7) is 1.97. The number of ether oxygens (including phenoxy) is 1. The van der Waals surface area contributed by atoms with E-state index in [0.717, 1.165) is 31.7 Å². The summed E-state index contributed by atoms with van der Waals surface area (Å²) in [5.41, 5.74) is 0.625. The third-order valence-corrected chi connectivity index (χ3v) is 4.24. The molecule has 0 radical (unpaired) electrons. The molecule has 2 fully saturated rings. The van der Waals surface area contributed by atoms with Crippen LogP contribution in [0.2, 0.25) is 0 Å². The van der Waals surface area contributed by atoms with E-state index in [1.807, 2.05) is 12.1 Å². The van der Waals surface area contributed by atoms with E-state index in [9.17, 15) is 4.79 Å². The summed E-state index contributed by atoms with van der Waals surface area (Å²) >= 11 is 0. The molecule has 0 amide bonds. The molecule has 2 aliphatic rings. The topological polar surface area (TPSA) is 42.4 Å². The Bertz CT molecular complexity index is 463. The Balaban J connectivity index is 1.73. The summed E-state index contributed by atoms with van der Waals surface area (Å²) in [7, 11) is 0. The van der Waals surface area contributed by atoms with Crippen molar-refractivity contribution in [1.29, 1.82) is 0 Å². The highest BCUT2D eigenvalue weighted by atomic mass is 16.5. The maximum absolute atomic E-state index is 12.4. The smallest absolute Gasteiger partial charge is 0.342 e. The number of hydrogen-bond donors (Lipinski definition) is 0. The van der Waals surface area contributed by atoms with Gasteiger partial charge in [0.15, 0.2) is 0 Å². The minimum Gasteiger partial charge on any atom is -0.459 e. The van der Waals surface area contributed by atoms with Gasteiger partial charge >= 0.3 is 5.97 Å². The second kappa shape index (κ2) is 6.25. The number of rotatable bonds is 3. The molecule has 3 rings (SSSR count). The molecule has 2 heterocycles. The highest BCUT2D eigenvalue weighted by Crippen LogP contribution is 2.25. The zero-order valence-corrected chi connectivity index (χ0v) is 11.9. The van der Waals surface area contributed by atoms with Gasteiger partial charge in [0.2, 0.25) is 0 Å². The summed E-state index contributed by atoms with van der Waals surface area (Å²) in [6, 6.07) is 3.66. The van der Waals surface area contributed by atoms with Crippen LogP contribution < -0.4 is 4.90 Å². The summed E-state index contributed by atoms with van der Waals surface area (Å²) < 4.78 is 5.67. The van der Waals surface area contributed by atoms with Gasteiger partial charge < -0.3 is 9.64 Å². The van der Waals surface area contributed by atoms with Crippen molar-refractivity contribution >= 4 is 11.8 Å². The molecular weight excluding hydrogens is 252 g/mol. The molecule has 0 bridgehead atoms. The number of aromatic nitrogens is 1. The van der Waals surface area contributed by atoms with Crippen molar-refractivity contribution in [1.82, 2.24) is 4.98 Å².